The van der Waals surface area contributed by atoms with Crippen LogP contribution in [0.25, 0.3) is 5.69 Å². The largest absolute Gasteiger partial charge is 0.494 e. The minimum atomic E-state index is -0.0779. The average Bonchev–Trinajstić information content (AvgIpc) is 3.24. The van der Waals surface area contributed by atoms with Crippen LogP contribution in [-0.4, -0.2) is 35.1 Å². The zero-order chi connectivity index (χ0) is 16.2. The van der Waals surface area contributed by atoms with Crippen LogP contribution in [0.15, 0.2) is 36.5 Å². The van der Waals surface area contributed by atoms with Crippen LogP contribution in [0.3, 0.4) is 0 Å². The van der Waals surface area contributed by atoms with E-state index in [0.717, 1.165) is 37.4 Å². The number of likely N-dealkylation sites (tertiary alicyclic amines) is 1. The normalized spacial score (nSPS) is 13.8. The highest BCUT2D eigenvalue weighted by Crippen LogP contribution is 2.23. The van der Waals surface area contributed by atoms with Crippen LogP contribution in [-0.2, 0) is 0 Å². The molecule has 0 bridgehead atoms. The predicted molar refractivity (Wildman–Crippen MR) is 86.8 cm³/mol. The summed E-state index contributed by atoms with van der Waals surface area (Å²) in [7, 11) is 0. The molecular weight excluding hydrogens is 290 g/mol. The van der Waals surface area contributed by atoms with E-state index in [-0.39, 0.29) is 5.91 Å². The summed E-state index contributed by atoms with van der Waals surface area (Å²) in [6, 6.07) is 11.4. The van der Waals surface area contributed by atoms with Crippen molar-refractivity contribution in [1.82, 2.24) is 9.47 Å². The molecule has 0 N–H and O–H groups in total. The van der Waals surface area contributed by atoms with Crippen molar-refractivity contribution in [2.24, 2.45) is 0 Å². The van der Waals surface area contributed by atoms with E-state index in [1.807, 2.05) is 36.1 Å². The molecule has 3 rings (SSSR count). The number of benzene rings is 1. The van der Waals surface area contributed by atoms with Gasteiger partial charge < -0.3 is 14.2 Å². The van der Waals surface area contributed by atoms with E-state index >= 15 is 0 Å². The van der Waals surface area contributed by atoms with Crippen molar-refractivity contribution < 1.29 is 9.53 Å². The standard InChI is InChI=1S/C18H19N3O2/c1-2-23-16-7-5-6-15(12-16)21-11-8-14(13-19)17(21)18(22)20-9-3-4-10-20/h5-8,11-12H,2-4,9-10H2,1H3. The molecule has 0 aliphatic carbocycles. The molecule has 0 saturated carbocycles. The highest BCUT2D eigenvalue weighted by Gasteiger charge is 2.25. The number of rotatable bonds is 4. The zero-order valence-electron chi connectivity index (χ0n) is 13.2. The van der Waals surface area contributed by atoms with Crippen molar-refractivity contribution in [3.8, 4) is 17.5 Å². The summed E-state index contributed by atoms with van der Waals surface area (Å²) in [4.78, 5) is 14.6. The number of nitrogens with zero attached hydrogens (tertiary/aromatic N) is 3. The van der Waals surface area contributed by atoms with Gasteiger partial charge in [-0.1, -0.05) is 6.07 Å². The number of ether oxygens (including phenoxy) is 1. The molecule has 1 fully saturated rings. The molecule has 118 valence electrons. The van der Waals surface area contributed by atoms with E-state index in [0.29, 0.717) is 17.9 Å². The molecule has 0 spiro atoms. The Labute approximate surface area is 135 Å². The van der Waals surface area contributed by atoms with Gasteiger partial charge in [-0.15, -0.1) is 0 Å². The maximum Gasteiger partial charge on any atom is 0.272 e. The van der Waals surface area contributed by atoms with Crippen LogP contribution in [0, 0.1) is 11.3 Å². The second kappa shape index (κ2) is 6.57. The van der Waals surface area contributed by atoms with Crippen molar-refractivity contribution in [2.45, 2.75) is 19.8 Å². The van der Waals surface area contributed by atoms with Crippen LogP contribution in [0.2, 0.25) is 0 Å². The number of hydrogen-bond donors (Lipinski definition) is 0. The first-order chi connectivity index (χ1) is 11.2. The highest BCUT2D eigenvalue weighted by atomic mass is 16.5. The second-order valence-electron chi connectivity index (χ2n) is 5.49. The van der Waals surface area contributed by atoms with Crippen molar-refractivity contribution in [3.05, 3.63) is 47.8 Å². The molecule has 2 aromatic rings. The van der Waals surface area contributed by atoms with E-state index < -0.39 is 0 Å². The fourth-order valence-corrected chi connectivity index (χ4v) is 2.92. The topological polar surface area (TPSA) is 58.3 Å². The van der Waals surface area contributed by atoms with Gasteiger partial charge in [-0.25, -0.2) is 0 Å². The lowest BCUT2D eigenvalue weighted by atomic mass is 10.2. The average molecular weight is 309 g/mol. The Morgan fingerprint density at radius 3 is 2.78 bits per heavy atom. The molecule has 1 aliphatic rings. The maximum absolute atomic E-state index is 12.8. The van der Waals surface area contributed by atoms with Gasteiger partial charge in [0.05, 0.1) is 12.2 Å². The quantitative estimate of drug-likeness (QED) is 0.872. The van der Waals surface area contributed by atoms with E-state index in [1.165, 1.54) is 0 Å². The number of aromatic nitrogens is 1. The van der Waals surface area contributed by atoms with Crippen molar-refractivity contribution in [2.75, 3.05) is 19.7 Å². The molecule has 1 aliphatic heterocycles. The van der Waals surface area contributed by atoms with E-state index in [9.17, 15) is 10.1 Å². The van der Waals surface area contributed by atoms with Gasteiger partial charge in [0, 0.05) is 31.0 Å². The van der Waals surface area contributed by atoms with Crippen molar-refractivity contribution >= 4 is 5.91 Å². The molecule has 0 unspecified atom stereocenters. The van der Waals surface area contributed by atoms with Crippen LogP contribution in [0.5, 0.6) is 5.75 Å². The Morgan fingerprint density at radius 2 is 2.09 bits per heavy atom. The molecule has 5 heteroatoms. The summed E-state index contributed by atoms with van der Waals surface area (Å²) in [5.41, 5.74) is 1.66. The molecule has 2 heterocycles. The Balaban J connectivity index is 2.03. The Hall–Kier alpha value is -2.74. The molecule has 1 saturated heterocycles. The lowest BCUT2D eigenvalue weighted by molar-refractivity contribution is 0.0784. The molecule has 1 aromatic heterocycles. The second-order valence-corrected chi connectivity index (χ2v) is 5.49. The Kier molecular flexibility index (Phi) is 4.33. The summed E-state index contributed by atoms with van der Waals surface area (Å²) in [5.74, 6) is 0.669. The zero-order valence-corrected chi connectivity index (χ0v) is 13.2. The van der Waals surface area contributed by atoms with Gasteiger partial charge in [-0.2, -0.15) is 5.26 Å². The van der Waals surface area contributed by atoms with Gasteiger partial charge in [0.25, 0.3) is 5.91 Å². The fourth-order valence-electron chi connectivity index (χ4n) is 2.92. The van der Waals surface area contributed by atoms with Gasteiger partial charge in [0.15, 0.2) is 0 Å². The van der Waals surface area contributed by atoms with Crippen molar-refractivity contribution in [1.29, 1.82) is 5.26 Å². The highest BCUT2D eigenvalue weighted by molar-refractivity contribution is 5.96. The molecule has 23 heavy (non-hydrogen) atoms. The number of carbonyl (C=O) groups excluding carboxylic acids is 1. The van der Waals surface area contributed by atoms with Gasteiger partial charge in [0.1, 0.15) is 17.5 Å². The molecule has 0 radical (unpaired) electrons. The molecule has 5 nitrogen and oxygen atoms in total. The number of carbonyl (C=O) groups is 1. The smallest absolute Gasteiger partial charge is 0.272 e. The third kappa shape index (κ3) is 2.93. The van der Waals surface area contributed by atoms with Gasteiger partial charge in [0.2, 0.25) is 0 Å². The number of hydrogen-bond acceptors (Lipinski definition) is 3. The summed E-state index contributed by atoms with van der Waals surface area (Å²) >= 11 is 0. The number of amides is 1. The first-order valence-corrected chi connectivity index (χ1v) is 7.88. The predicted octanol–water partition coefficient (Wildman–Crippen LogP) is 2.98. The molecule has 0 atom stereocenters. The van der Waals surface area contributed by atoms with Crippen LogP contribution in [0.1, 0.15) is 35.8 Å². The van der Waals surface area contributed by atoms with E-state index in [2.05, 4.69) is 6.07 Å². The Morgan fingerprint density at radius 1 is 1.30 bits per heavy atom. The fraction of sp³-hybridized carbons (Fsp3) is 0.333. The maximum atomic E-state index is 12.8. The van der Waals surface area contributed by atoms with Gasteiger partial charge in [-0.05, 0) is 38.0 Å². The van der Waals surface area contributed by atoms with Crippen LogP contribution in [0.4, 0.5) is 0 Å². The monoisotopic (exact) mass is 309 g/mol. The third-order valence-electron chi connectivity index (χ3n) is 4.01. The number of nitriles is 1. The Bertz CT molecular complexity index is 752. The minimum absolute atomic E-state index is 0.0779. The van der Waals surface area contributed by atoms with E-state index in [4.69, 9.17) is 4.74 Å². The lowest BCUT2D eigenvalue weighted by Gasteiger charge is -2.17. The third-order valence-corrected chi connectivity index (χ3v) is 4.01. The van der Waals surface area contributed by atoms with Crippen LogP contribution < -0.4 is 4.74 Å². The lowest BCUT2D eigenvalue weighted by Crippen LogP contribution is -2.30. The molecule has 1 aromatic carbocycles. The first-order valence-electron chi connectivity index (χ1n) is 7.88. The van der Waals surface area contributed by atoms with Crippen LogP contribution >= 0.6 is 0 Å². The molecular formula is C18H19N3O2. The SMILES string of the molecule is CCOc1cccc(-n2ccc(C#N)c2C(=O)N2CCCC2)c1. The van der Waals surface area contributed by atoms with E-state index in [1.54, 1.807) is 16.8 Å². The first kappa shape index (κ1) is 15.2. The summed E-state index contributed by atoms with van der Waals surface area (Å²) in [6.07, 6.45) is 3.81. The van der Waals surface area contributed by atoms with Gasteiger partial charge in [-0.3, -0.25) is 4.79 Å². The van der Waals surface area contributed by atoms with Crippen molar-refractivity contribution in [3.63, 3.8) is 0 Å². The summed E-state index contributed by atoms with van der Waals surface area (Å²) in [6.45, 7) is 4.03. The molecule has 1 amide bonds. The minimum Gasteiger partial charge on any atom is -0.494 e. The van der Waals surface area contributed by atoms with Gasteiger partial charge >= 0.3 is 0 Å². The summed E-state index contributed by atoms with van der Waals surface area (Å²) < 4.78 is 7.31. The summed E-state index contributed by atoms with van der Waals surface area (Å²) in [5, 5.41) is 9.35.